The zero-order valence-corrected chi connectivity index (χ0v) is 13.7. The predicted molar refractivity (Wildman–Crippen MR) is 83.4 cm³/mol. The predicted octanol–water partition coefficient (Wildman–Crippen LogP) is 2.65. The van der Waals surface area contributed by atoms with Gasteiger partial charge in [0.15, 0.2) is 0 Å². The van der Waals surface area contributed by atoms with Gasteiger partial charge in [-0.05, 0) is 22.9 Å². The lowest BCUT2D eigenvalue weighted by Gasteiger charge is -2.35. The second-order valence-corrected chi connectivity index (χ2v) is 8.81. The highest BCUT2D eigenvalue weighted by molar-refractivity contribution is 7.91. The van der Waals surface area contributed by atoms with Crippen LogP contribution in [0, 0.1) is 0 Å². The molecule has 4 heterocycles. The van der Waals surface area contributed by atoms with Crippen molar-refractivity contribution in [1.29, 1.82) is 0 Å². The van der Waals surface area contributed by atoms with E-state index in [4.69, 9.17) is 4.52 Å². The van der Waals surface area contributed by atoms with Crippen molar-refractivity contribution in [3.05, 3.63) is 40.2 Å². The summed E-state index contributed by atoms with van der Waals surface area (Å²) in [7, 11) is -3.37. The van der Waals surface area contributed by atoms with Crippen LogP contribution in [0.3, 0.4) is 0 Å². The van der Waals surface area contributed by atoms with E-state index in [1.165, 1.54) is 15.6 Å². The zero-order valence-electron chi connectivity index (χ0n) is 11.2. The SMILES string of the molecule is O=S(=O)(c1cccs1)N1CC(c2nc(-c3ccsc3)no2)C1. The molecule has 9 heteroatoms. The molecule has 6 nitrogen and oxygen atoms in total. The lowest BCUT2D eigenvalue weighted by Crippen LogP contribution is -2.48. The number of sulfonamides is 1. The Balaban J connectivity index is 1.48. The maximum Gasteiger partial charge on any atom is 0.252 e. The Hall–Kier alpha value is -1.55. The molecule has 0 bridgehead atoms. The Kier molecular flexibility index (Phi) is 3.37. The van der Waals surface area contributed by atoms with Gasteiger partial charge >= 0.3 is 0 Å². The minimum absolute atomic E-state index is 0.0328. The van der Waals surface area contributed by atoms with E-state index < -0.39 is 10.0 Å². The van der Waals surface area contributed by atoms with Gasteiger partial charge in [-0.1, -0.05) is 11.2 Å². The van der Waals surface area contributed by atoms with E-state index in [-0.39, 0.29) is 5.92 Å². The third-order valence-corrected chi connectivity index (χ3v) is 7.40. The van der Waals surface area contributed by atoms with Crippen molar-refractivity contribution in [2.24, 2.45) is 0 Å². The smallest absolute Gasteiger partial charge is 0.252 e. The molecule has 0 aromatic carbocycles. The van der Waals surface area contributed by atoms with Gasteiger partial charge in [-0.15, -0.1) is 11.3 Å². The van der Waals surface area contributed by atoms with Crippen LogP contribution in [0.5, 0.6) is 0 Å². The number of thiophene rings is 2. The summed E-state index contributed by atoms with van der Waals surface area (Å²) in [6.07, 6.45) is 0. The highest BCUT2D eigenvalue weighted by Gasteiger charge is 2.40. The molecular formula is C13H11N3O3S3. The quantitative estimate of drug-likeness (QED) is 0.721. The van der Waals surface area contributed by atoms with Crippen molar-refractivity contribution in [2.75, 3.05) is 13.1 Å². The van der Waals surface area contributed by atoms with Crippen LogP contribution in [0.2, 0.25) is 0 Å². The fourth-order valence-corrected chi connectivity index (χ4v) is 5.55. The average Bonchev–Trinajstić information content (AvgIpc) is 3.19. The van der Waals surface area contributed by atoms with Gasteiger partial charge in [-0.3, -0.25) is 0 Å². The molecule has 0 N–H and O–H groups in total. The Morgan fingerprint density at radius 2 is 2.14 bits per heavy atom. The van der Waals surface area contributed by atoms with Gasteiger partial charge in [-0.2, -0.15) is 20.6 Å². The first kappa shape index (κ1) is 14.1. The van der Waals surface area contributed by atoms with E-state index in [1.807, 2.05) is 16.8 Å². The molecule has 3 aromatic heterocycles. The lowest BCUT2D eigenvalue weighted by molar-refractivity contribution is 0.217. The monoisotopic (exact) mass is 353 g/mol. The van der Waals surface area contributed by atoms with Crippen LogP contribution < -0.4 is 0 Å². The van der Waals surface area contributed by atoms with Gasteiger partial charge < -0.3 is 4.52 Å². The van der Waals surface area contributed by atoms with Crippen molar-refractivity contribution in [3.63, 3.8) is 0 Å². The number of aromatic nitrogens is 2. The van der Waals surface area contributed by atoms with Crippen molar-refractivity contribution in [1.82, 2.24) is 14.4 Å². The first-order chi connectivity index (χ1) is 10.6. The van der Waals surface area contributed by atoms with E-state index in [2.05, 4.69) is 10.1 Å². The maximum absolute atomic E-state index is 12.3. The van der Waals surface area contributed by atoms with Crippen LogP contribution in [-0.2, 0) is 10.0 Å². The number of rotatable bonds is 4. The largest absolute Gasteiger partial charge is 0.339 e. The molecule has 0 saturated carbocycles. The highest BCUT2D eigenvalue weighted by atomic mass is 32.2. The topological polar surface area (TPSA) is 76.3 Å². The second-order valence-electron chi connectivity index (χ2n) is 4.92. The summed E-state index contributed by atoms with van der Waals surface area (Å²) in [5.74, 6) is 1.02. The van der Waals surface area contributed by atoms with Gasteiger partial charge in [0.05, 0.1) is 5.92 Å². The fourth-order valence-electron chi connectivity index (χ4n) is 2.24. The van der Waals surface area contributed by atoms with Crippen LogP contribution in [0.15, 0.2) is 43.1 Å². The molecule has 0 atom stereocenters. The molecule has 1 saturated heterocycles. The highest BCUT2D eigenvalue weighted by Crippen LogP contribution is 2.33. The number of nitrogens with zero attached hydrogens (tertiary/aromatic N) is 3. The summed E-state index contributed by atoms with van der Waals surface area (Å²) >= 11 is 2.79. The van der Waals surface area contributed by atoms with Crippen molar-refractivity contribution in [2.45, 2.75) is 10.1 Å². The van der Waals surface area contributed by atoms with Crippen LogP contribution in [-0.4, -0.2) is 36.0 Å². The molecule has 0 aliphatic carbocycles. The summed E-state index contributed by atoms with van der Waals surface area (Å²) in [5, 5.41) is 9.61. The van der Waals surface area contributed by atoms with Crippen molar-refractivity contribution >= 4 is 32.7 Å². The summed E-state index contributed by atoms with van der Waals surface area (Å²) in [4.78, 5) is 4.36. The van der Waals surface area contributed by atoms with Crippen molar-refractivity contribution < 1.29 is 12.9 Å². The Morgan fingerprint density at radius 3 is 2.82 bits per heavy atom. The molecule has 0 spiro atoms. The summed E-state index contributed by atoms with van der Waals surface area (Å²) < 4.78 is 31.7. The molecule has 22 heavy (non-hydrogen) atoms. The third kappa shape index (κ3) is 2.30. The molecule has 3 aromatic rings. The zero-order chi connectivity index (χ0) is 15.2. The van der Waals surface area contributed by atoms with E-state index in [1.54, 1.807) is 28.8 Å². The maximum atomic E-state index is 12.3. The minimum Gasteiger partial charge on any atom is -0.339 e. The average molecular weight is 353 g/mol. The van der Waals surface area contributed by atoms with Gasteiger partial charge in [-0.25, -0.2) is 8.42 Å². The summed E-state index contributed by atoms with van der Waals surface area (Å²) in [6, 6.07) is 5.28. The van der Waals surface area contributed by atoms with Gasteiger partial charge in [0.25, 0.3) is 10.0 Å². The standard InChI is InChI=1S/C13H11N3O3S3/c17-22(18,11-2-1-4-21-11)16-6-10(7-16)13-14-12(15-19-13)9-3-5-20-8-9/h1-5,8,10H,6-7H2. The van der Waals surface area contributed by atoms with E-state index in [0.29, 0.717) is 29.0 Å². The molecule has 0 radical (unpaired) electrons. The molecule has 1 aliphatic rings. The molecule has 0 amide bonds. The second kappa shape index (κ2) is 5.27. The molecule has 4 rings (SSSR count). The third-order valence-electron chi connectivity index (χ3n) is 3.51. The van der Waals surface area contributed by atoms with E-state index in [9.17, 15) is 8.42 Å². The molecule has 1 fully saturated rings. The normalized spacial score (nSPS) is 16.7. The molecule has 0 unspecified atom stereocenters. The van der Waals surface area contributed by atoms with Crippen LogP contribution in [0.25, 0.3) is 11.4 Å². The Morgan fingerprint density at radius 1 is 1.27 bits per heavy atom. The van der Waals surface area contributed by atoms with Crippen LogP contribution in [0.4, 0.5) is 0 Å². The van der Waals surface area contributed by atoms with E-state index >= 15 is 0 Å². The minimum atomic E-state index is -3.37. The van der Waals surface area contributed by atoms with Crippen LogP contribution in [0.1, 0.15) is 11.8 Å². The van der Waals surface area contributed by atoms with Gasteiger partial charge in [0, 0.05) is 24.0 Å². The summed E-state index contributed by atoms with van der Waals surface area (Å²) in [5.41, 5.74) is 0.919. The number of hydrogen-bond donors (Lipinski definition) is 0. The molecule has 1 aliphatic heterocycles. The van der Waals surface area contributed by atoms with Crippen LogP contribution >= 0.6 is 22.7 Å². The van der Waals surface area contributed by atoms with Crippen molar-refractivity contribution in [3.8, 4) is 11.4 Å². The summed E-state index contributed by atoms with van der Waals surface area (Å²) in [6.45, 7) is 0.761. The van der Waals surface area contributed by atoms with Gasteiger partial charge in [0.1, 0.15) is 4.21 Å². The Labute approximate surface area is 135 Å². The fraction of sp³-hybridized carbons (Fsp3) is 0.231. The first-order valence-electron chi connectivity index (χ1n) is 6.54. The molecule has 114 valence electrons. The Bertz CT molecular complexity index is 863. The molecular weight excluding hydrogens is 342 g/mol. The van der Waals surface area contributed by atoms with E-state index in [0.717, 1.165) is 5.56 Å². The lowest BCUT2D eigenvalue weighted by atomic mass is 10.0. The number of hydrogen-bond acceptors (Lipinski definition) is 7. The van der Waals surface area contributed by atoms with Gasteiger partial charge in [0.2, 0.25) is 11.7 Å². The first-order valence-corrected chi connectivity index (χ1v) is 9.80.